The van der Waals surface area contributed by atoms with Crippen molar-refractivity contribution in [3.8, 4) is 0 Å². The average Bonchev–Trinajstić information content (AvgIpc) is 2.27. The number of halogens is 3. The molecule has 5 heteroatoms. The first-order valence-corrected chi connectivity index (χ1v) is 6.79. The first-order chi connectivity index (χ1) is 8.27. The Bertz CT molecular complexity index is 255. The van der Waals surface area contributed by atoms with Gasteiger partial charge in [-0.1, -0.05) is 6.92 Å². The summed E-state index contributed by atoms with van der Waals surface area (Å²) in [4.78, 5) is 2.29. The molecule has 0 aromatic heterocycles. The van der Waals surface area contributed by atoms with Crippen molar-refractivity contribution in [1.29, 1.82) is 0 Å². The van der Waals surface area contributed by atoms with Crippen LogP contribution in [-0.4, -0.2) is 36.2 Å². The Morgan fingerprint density at radius 2 is 1.94 bits per heavy atom. The zero-order valence-corrected chi connectivity index (χ0v) is 11.4. The highest BCUT2D eigenvalue weighted by molar-refractivity contribution is 4.90. The fraction of sp³-hybridized carbons (Fsp3) is 1.00. The molecule has 0 amide bonds. The van der Waals surface area contributed by atoms with Gasteiger partial charge in [-0.05, 0) is 45.1 Å². The number of piperidine rings is 1. The maximum atomic E-state index is 12.2. The van der Waals surface area contributed by atoms with E-state index in [-0.39, 0.29) is 12.0 Å². The van der Waals surface area contributed by atoms with Crippen LogP contribution in [0.1, 0.15) is 46.0 Å². The molecule has 1 heterocycles. The third-order valence-corrected chi connectivity index (χ3v) is 4.04. The van der Waals surface area contributed by atoms with Crippen LogP contribution in [-0.2, 0) is 0 Å². The Labute approximate surface area is 108 Å². The van der Waals surface area contributed by atoms with Gasteiger partial charge < -0.3 is 5.73 Å². The van der Waals surface area contributed by atoms with Crippen LogP contribution < -0.4 is 5.73 Å². The van der Waals surface area contributed by atoms with Crippen molar-refractivity contribution in [3.63, 3.8) is 0 Å². The van der Waals surface area contributed by atoms with Gasteiger partial charge in [0.05, 0.1) is 0 Å². The van der Waals surface area contributed by atoms with Gasteiger partial charge >= 0.3 is 6.18 Å². The molecule has 1 aliphatic rings. The molecule has 0 radical (unpaired) electrons. The molecular formula is C13H25F3N2. The van der Waals surface area contributed by atoms with E-state index < -0.39 is 12.6 Å². The normalized spacial score (nSPS) is 26.0. The van der Waals surface area contributed by atoms with Crippen molar-refractivity contribution in [2.75, 3.05) is 19.6 Å². The second kappa shape index (κ2) is 6.24. The zero-order valence-electron chi connectivity index (χ0n) is 11.4. The number of nitrogens with two attached hydrogens (primary N) is 1. The van der Waals surface area contributed by atoms with Gasteiger partial charge in [0, 0.05) is 25.0 Å². The number of alkyl halides is 3. The van der Waals surface area contributed by atoms with Gasteiger partial charge in [-0.2, -0.15) is 13.2 Å². The van der Waals surface area contributed by atoms with Crippen molar-refractivity contribution >= 4 is 0 Å². The van der Waals surface area contributed by atoms with E-state index in [4.69, 9.17) is 5.73 Å². The minimum absolute atomic E-state index is 0.169. The summed E-state index contributed by atoms with van der Waals surface area (Å²) in [5, 5.41) is 0. The van der Waals surface area contributed by atoms with E-state index in [1.165, 1.54) is 6.42 Å². The van der Waals surface area contributed by atoms with Gasteiger partial charge in [0.15, 0.2) is 0 Å². The largest absolute Gasteiger partial charge is 0.389 e. The number of nitrogens with zero attached hydrogens (tertiary/aromatic N) is 1. The molecule has 0 spiro atoms. The molecule has 2 nitrogen and oxygen atoms in total. The summed E-state index contributed by atoms with van der Waals surface area (Å²) in [6.45, 7) is 6.54. The minimum atomic E-state index is -4.05. The van der Waals surface area contributed by atoms with Gasteiger partial charge in [-0.3, -0.25) is 4.90 Å². The summed E-state index contributed by atoms with van der Waals surface area (Å²) in [7, 11) is 0. The molecule has 108 valence electrons. The van der Waals surface area contributed by atoms with Crippen LogP contribution in [0.15, 0.2) is 0 Å². The van der Waals surface area contributed by atoms with E-state index in [1.54, 1.807) is 0 Å². The predicted octanol–water partition coefficient (Wildman–Crippen LogP) is 3.17. The molecule has 2 N–H and O–H groups in total. The highest BCUT2D eigenvalue weighted by atomic mass is 19.4. The molecule has 18 heavy (non-hydrogen) atoms. The fourth-order valence-corrected chi connectivity index (χ4v) is 2.74. The van der Waals surface area contributed by atoms with Crippen LogP contribution in [0.4, 0.5) is 13.2 Å². The number of rotatable bonds is 5. The van der Waals surface area contributed by atoms with Crippen LogP contribution in [0, 0.1) is 5.92 Å². The van der Waals surface area contributed by atoms with Crippen LogP contribution in [0.25, 0.3) is 0 Å². The van der Waals surface area contributed by atoms with E-state index in [2.05, 4.69) is 11.8 Å². The van der Waals surface area contributed by atoms with Gasteiger partial charge in [0.1, 0.15) is 0 Å². The molecule has 1 saturated heterocycles. The van der Waals surface area contributed by atoms with Crippen LogP contribution >= 0.6 is 0 Å². The Balaban J connectivity index is 2.50. The van der Waals surface area contributed by atoms with E-state index in [9.17, 15) is 13.2 Å². The van der Waals surface area contributed by atoms with Gasteiger partial charge in [-0.15, -0.1) is 0 Å². The maximum Gasteiger partial charge on any atom is 0.389 e. The number of hydrogen-bond acceptors (Lipinski definition) is 2. The molecule has 0 aromatic carbocycles. The summed E-state index contributed by atoms with van der Waals surface area (Å²) < 4.78 is 36.6. The monoisotopic (exact) mass is 266 g/mol. The fourth-order valence-electron chi connectivity index (χ4n) is 2.74. The first kappa shape index (κ1) is 15.8. The first-order valence-electron chi connectivity index (χ1n) is 6.79. The predicted molar refractivity (Wildman–Crippen MR) is 67.3 cm³/mol. The quantitative estimate of drug-likeness (QED) is 0.828. The molecular weight excluding hydrogens is 241 g/mol. The van der Waals surface area contributed by atoms with E-state index in [1.807, 2.05) is 6.92 Å². The molecule has 0 saturated carbocycles. The number of hydrogen-bond donors (Lipinski definition) is 1. The minimum Gasteiger partial charge on any atom is -0.329 e. The topological polar surface area (TPSA) is 29.3 Å². The molecule has 2 atom stereocenters. The summed E-state index contributed by atoms with van der Waals surface area (Å²) in [6.07, 6.45) is -1.73. The maximum absolute atomic E-state index is 12.2. The Kier molecular flexibility index (Phi) is 5.46. The smallest absolute Gasteiger partial charge is 0.329 e. The summed E-state index contributed by atoms with van der Waals surface area (Å²) in [6, 6.07) is 0. The molecule has 2 unspecified atom stereocenters. The van der Waals surface area contributed by atoms with Gasteiger partial charge in [0.25, 0.3) is 0 Å². The third-order valence-electron chi connectivity index (χ3n) is 4.04. The SMILES string of the molecule is CC1CCCN(C(C)(CN)CCCC(F)(F)F)C1. The van der Waals surface area contributed by atoms with Crippen molar-refractivity contribution in [2.24, 2.45) is 11.7 Å². The lowest BCUT2D eigenvalue weighted by Gasteiger charge is -2.45. The van der Waals surface area contributed by atoms with E-state index in [0.29, 0.717) is 18.9 Å². The lowest BCUT2D eigenvalue weighted by atomic mass is 9.88. The van der Waals surface area contributed by atoms with Crippen LogP contribution in [0.3, 0.4) is 0 Å². The lowest BCUT2D eigenvalue weighted by Crippen LogP contribution is -2.54. The summed E-state index contributed by atoms with van der Waals surface area (Å²) in [5.41, 5.74) is 5.53. The number of likely N-dealkylation sites (tertiary alicyclic amines) is 1. The molecule has 0 aliphatic carbocycles. The highest BCUT2D eigenvalue weighted by Gasteiger charge is 2.34. The third kappa shape index (κ3) is 4.76. The van der Waals surface area contributed by atoms with Crippen molar-refractivity contribution in [1.82, 2.24) is 4.90 Å². The highest BCUT2D eigenvalue weighted by Crippen LogP contribution is 2.30. The zero-order chi connectivity index (χ0) is 13.8. The van der Waals surface area contributed by atoms with E-state index >= 15 is 0 Å². The lowest BCUT2D eigenvalue weighted by molar-refractivity contribution is -0.137. The molecule has 1 aliphatic heterocycles. The van der Waals surface area contributed by atoms with Crippen molar-refractivity contribution < 1.29 is 13.2 Å². The van der Waals surface area contributed by atoms with Crippen LogP contribution in [0.2, 0.25) is 0 Å². The molecule has 1 rings (SSSR count). The van der Waals surface area contributed by atoms with Crippen LogP contribution in [0.5, 0.6) is 0 Å². The molecule has 0 bridgehead atoms. The second-order valence-electron chi connectivity index (χ2n) is 5.86. The van der Waals surface area contributed by atoms with Crippen molar-refractivity contribution in [3.05, 3.63) is 0 Å². The summed E-state index contributed by atoms with van der Waals surface area (Å²) >= 11 is 0. The second-order valence-corrected chi connectivity index (χ2v) is 5.86. The Hall–Kier alpha value is -0.290. The molecule has 0 aromatic rings. The van der Waals surface area contributed by atoms with Gasteiger partial charge in [-0.25, -0.2) is 0 Å². The van der Waals surface area contributed by atoms with Crippen molar-refractivity contribution in [2.45, 2.75) is 57.7 Å². The standard InChI is InChI=1S/C13H25F3N2/c1-11-5-3-8-18(9-11)12(2,10-17)6-4-7-13(14,15)16/h11H,3-10,17H2,1-2H3. The van der Waals surface area contributed by atoms with E-state index in [0.717, 1.165) is 19.5 Å². The summed E-state index contributed by atoms with van der Waals surface area (Å²) in [5.74, 6) is 0.618. The molecule has 1 fully saturated rings. The Morgan fingerprint density at radius 1 is 1.28 bits per heavy atom. The Morgan fingerprint density at radius 3 is 2.44 bits per heavy atom. The van der Waals surface area contributed by atoms with Gasteiger partial charge in [0.2, 0.25) is 0 Å². The average molecular weight is 266 g/mol.